The molecule has 2 nitrogen and oxygen atoms in total. The molecule has 0 saturated heterocycles. The fraction of sp³-hybridized carbons (Fsp3) is 0.278. The fourth-order valence-electron chi connectivity index (χ4n) is 2.18. The van der Waals surface area contributed by atoms with E-state index in [2.05, 4.69) is 24.4 Å². The second-order valence-electron chi connectivity index (χ2n) is 5.06. The van der Waals surface area contributed by atoms with Crippen LogP contribution < -0.4 is 5.32 Å². The lowest BCUT2D eigenvalue weighted by molar-refractivity contribution is -0.119. The minimum Gasteiger partial charge on any atom is -0.349 e. The van der Waals surface area contributed by atoms with Gasteiger partial charge in [0.2, 0.25) is 5.91 Å². The number of thioether (sulfide) groups is 1. The van der Waals surface area contributed by atoms with Crippen LogP contribution in [0.2, 0.25) is 5.02 Å². The maximum atomic E-state index is 12.1. The average Bonchev–Trinajstić information content (AvgIpc) is 2.55. The summed E-state index contributed by atoms with van der Waals surface area (Å²) in [7, 11) is 0. The molecule has 0 unspecified atom stereocenters. The normalized spacial score (nSPS) is 11.9. The molecule has 0 fully saturated rings. The number of carbonyl (C=O) groups excluding carboxylic acids is 1. The molecule has 0 radical (unpaired) electrons. The molecule has 2 rings (SSSR count). The molecule has 0 bridgehead atoms. The summed E-state index contributed by atoms with van der Waals surface area (Å²) in [5.74, 6) is 1.35. The van der Waals surface area contributed by atoms with Crippen molar-refractivity contribution < 1.29 is 4.79 Å². The van der Waals surface area contributed by atoms with Crippen LogP contribution in [-0.2, 0) is 10.5 Å². The zero-order chi connectivity index (χ0) is 15.8. The van der Waals surface area contributed by atoms with Gasteiger partial charge in [-0.3, -0.25) is 4.79 Å². The second-order valence-corrected chi connectivity index (χ2v) is 6.48. The van der Waals surface area contributed by atoms with Gasteiger partial charge >= 0.3 is 0 Å². The first-order chi connectivity index (χ1) is 10.7. The van der Waals surface area contributed by atoms with Gasteiger partial charge in [0.25, 0.3) is 0 Å². The van der Waals surface area contributed by atoms with Gasteiger partial charge in [-0.1, -0.05) is 61.0 Å². The van der Waals surface area contributed by atoms with Gasteiger partial charge in [0.1, 0.15) is 0 Å². The van der Waals surface area contributed by atoms with Gasteiger partial charge in [-0.25, -0.2) is 0 Å². The Labute approximate surface area is 141 Å². The molecular weight excluding hydrogens is 314 g/mol. The van der Waals surface area contributed by atoms with E-state index in [0.717, 1.165) is 22.8 Å². The SMILES string of the molecule is CC[C@H](NC(=O)CSCc1ccc(Cl)cc1)c1ccccc1. The van der Waals surface area contributed by atoms with Crippen LogP contribution >= 0.6 is 23.4 Å². The lowest BCUT2D eigenvalue weighted by atomic mass is 10.0. The number of rotatable bonds is 7. The van der Waals surface area contributed by atoms with Crippen LogP contribution in [0.5, 0.6) is 0 Å². The first-order valence-electron chi connectivity index (χ1n) is 7.35. The van der Waals surface area contributed by atoms with Gasteiger partial charge in [0.15, 0.2) is 0 Å². The maximum Gasteiger partial charge on any atom is 0.230 e. The van der Waals surface area contributed by atoms with E-state index in [0.29, 0.717) is 5.75 Å². The van der Waals surface area contributed by atoms with Gasteiger partial charge < -0.3 is 5.32 Å². The van der Waals surface area contributed by atoms with E-state index in [-0.39, 0.29) is 11.9 Å². The van der Waals surface area contributed by atoms with Gasteiger partial charge in [-0.05, 0) is 29.7 Å². The minimum atomic E-state index is 0.0784. The Hall–Kier alpha value is -1.45. The molecule has 0 spiro atoms. The first-order valence-corrected chi connectivity index (χ1v) is 8.88. The number of hydrogen-bond donors (Lipinski definition) is 1. The van der Waals surface area contributed by atoms with Crippen molar-refractivity contribution in [2.24, 2.45) is 0 Å². The number of nitrogens with one attached hydrogen (secondary N) is 1. The molecule has 2 aromatic rings. The van der Waals surface area contributed by atoms with Crippen molar-refractivity contribution in [1.82, 2.24) is 5.32 Å². The Kier molecular flexibility index (Phi) is 6.81. The highest BCUT2D eigenvalue weighted by Gasteiger charge is 2.12. The van der Waals surface area contributed by atoms with Crippen molar-refractivity contribution >= 4 is 29.3 Å². The van der Waals surface area contributed by atoms with Gasteiger partial charge in [-0.15, -0.1) is 11.8 Å². The Morgan fingerprint density at radius 3 is 2.45 bits per heavy atom. The largest absolute Gasteiger partial charge is 0.349 e. The van der Waals surface area contributed by atoms with Crippen molar-refractivity contribution in [2.75, 3.05) is 5.75 Å². The summed E-state index contributed by atoms with van der Waals surface area (Å²) in [5.41, 5.74) is 2.33. The third kappa shape index (κ3) is 5.39. The molecule has 0 aliphatic carbocycles. The molecule has 0 aliphatic heterocycles. The molecule has 0 heterocycles. The summed E-state index contributed by atoms with van der Waals surface area (Å²) >= 11 is 7.47. The zero-order valence-electron chi connectivity index (χ0n) is 12.6. The molecule has 0 aliphatic rings. The number of benzene rings is 2. The second kappa shape index (κ2) is 8.86. The van der Waals surface area contributed by atoms with Crippen molar-refractivity contribution in [3.05, 3.63) is 70.7 Å². The van der Waals surface area contributed by atoms with E-state index >= 15 is 0 Å². The number of amides is 1. The van der Waals surface area contributed by atoms with Crippen molar-refractivity contribution in [2.45, 2.75) is 25.1 Å². The lowest BCUT2D eigenvalue weighted by Gasteiger charge is -2.17. The van der Waals surface area contributed by atoms with Crippen LogP contribution in [-0.4, -0.2) is 11.7 Å². The van der Waals surface area contributed by atoms with Gasteiger partial charge in [-0.2, -0.15) is 0 Å². The summed E-state index contributed by atoms with van der Waals surface area (Å²) in [4.78, 5) is 12.1. The van der Waals surface area contributed by atoms with E-state index in [1.807, 2.05) is 42.5 Å². The lowest BCUT2D eigenvalue weighted by Crippen LogP contribution is -2.29. The minimum absolute atomic E-state index is 0.0784. The van der Waals surface area contributed by atoms with E-state index in [9.17, 15) is 4.79 Å². The molecular formula is C18H20ClNOS. The Morgan fingerprint density at radius 2 is 1.82 bits per heavy atom. The Bertz CT molecular complexity index is 586. The number of hydrogen-bond acceptors (Lipinski definition) is 2. The predicted molar refractivity (Wildman–Crippen MR) is 95.2 cm³/mol. The number of carbonyl (C=O) groups is 1. The molecule has 1 atom stereocenters. The van der Waals surface area contributed by atoms with E-state index in [1.165, 1.54) is 5.56 Å². The Balaban J connectivity index is 1.78. The van der Waals surface area contributed by atoms with Gasteiger partial charge in [0, 0.05) is 10.8 Å². The van der Waals surface area contributed by atoms with Crippen molar-refractivity contribution in [1.29, 1.82) is 0 Å². The maximum absolute atomic E-state index is 12.1. The molecule has 22 heavy (non-hydrogen) atoms. The highest BCUT2D eigenvalue weighted by atomic mass is 35.5. The molecule has 4 heteroatoms. The first kappa shape index (κ1) is 16.9. The Morgan fingerprint density at radius 1 is 1.14 bits per heavy atom. The van der Waals surface area contributed by atoms with E-state index in [4.69, 9.17) is 11.6 Å². The van der Waals surface area contributed by atoms with Crippen molar-refractivity contribution in [3.63, 3.8) is 0 Å². The summed E-state index contributed by atoms with van der Waals surface area (Å²) in [6.45, 7) is 2.08. The van der Waals surface area contributed by atoms with E-state index < -0.39 is 0 Å². The zero-order valence-corrected chi connectivity index (χ0v) is 14.2. The third-order valence-corrected chi connectivity index (χ3v) is 4.62. The molecule has 1 N–H and O–H groups in total. The third-order valence-electron chi connectivity index (χ3n) is 3.36. The average molecular weight is 334 g/mol. The van der Waals surface area contributed by atoms with Crippen LogP contribution in [0.3, 0.4) is 0 Å². The smallest absolute Gasteiger partial charge is 0.230 e. The van der Waals surface area contributed by atoms with Crippen LogP contribution in [0.25, 0.3) is 0 Å². The monoisotopic (exact) mass is 333 g/mol. The quantitative estimate of drug-likeness (QED) is 0.785. The number of halogens is 1. The van der Waals surface area contributed by atoms with Crippen LogP contribution in [0.1, 0.15) is 30.5 Å². The molecule has 2 aromatic carbocycles. The fourth-order valence-corrected chi connectivity index (χ4v) is 3.11. The summed E-state index contributed by atoms with van der Waals surface area (Å²) in [5, 5.41) is 3.83. The van der Waals surface area contributed by atoms with Crippen LogP contribution in [0, 0.1) is 0 Å². The van der Waals surface area contributed by atoms with Crippen LogP contribution in [0.4, 0.5) is 0 Å². The highest BCUT2D eigenvalue weighted by molar-refractivity contribution is 7.99. The summed E-state index contributed by atoms with van der Waals surface area (Å²) in [6.07, 6.45) is 0.887. The van der Waals surface area contributed by atoms with Crippen LogP contribution in [0.15, 0.2) is 54.6 Å². The van der Waals surface area contributed by atoms with E-state index in [1.54, 1.807) is 11.8 Å². The molecule has 0 aromatic heterocycles. The topological polar surface area (TPSA) is 29.1 Å². The molecule has 116 valence electrons. The molecule has 1 amide bonds. The predicted octanol–water partition coefficient (Wildman–Crippen LogP) is 4.84. The van der Waals surface area contributed by atoms with Crippen molar-refractivity contribution in [3.8, 4) is 0 Å². The summed E-state index contributed by atoms with van der Waals surface area (Å²) in [6, 6.07) is 17.9. The van der Waals surface area contributed by atoms with Gasteiger partial charge in [0.05, 0.1) is 11.8 Å². The summed E-state index contributed by atoms with van der Waals surface area (Å²) < 4.78 is 0. The molecule has 0 saturated carbocycles. The highest BCUT2D eigenvalue weighted by Crippen LogP contribution is 2.18. The standard InChI is InChI=1S/C18H20ClNOS/c1-2-17(15-6-4-3-5-7-15)20-18(21)13-22-12-14-8-10-16(19)11-9-14/h3-11,17H,2,12-13H2,1H3,(H,20,21)/t17-/m0/s1.